The average Bonchev–Trinajstić information content (AvgIpc) is 2.87. The normalized spacial score (nSPS) is 18.1. The highest BCUT2D eigenvalue weighted by Gasteiger charge is 2.32. The van der Waals surface area contributed by atoms with Gasteiger partial charge in [0.05, 0.1) is 6.61 Å². The van der Waals surface area contributed by atoms with E-state index in [1.807, 2.05) is 32.0 Å². The van der Waals surface area contributed by atoms with Crippen LogP contribution in [0, 0.1) is 6.92 Å². The summed E-state index contributed by atoms with van der Waals surface area (Å²) in [5.74, 6) is -0.138. The van der Waals surface area contributed by atoms with Gasteiger partial charge in [0.1, 0.15) is 11.0 Å². The number of ether oxygens (including phenoxy) is 1. The van der Waals surface area contributed by atoms with Crippen LogP contribution in [0.25, 0.3) is 0 Å². The maximum atomic E-state index is 12.0. The number of esters is 1. The fraction of sp³-hybridized carbons (Fsp3) is 0.467. The number of benzene rings is 1. The topological polar surface area (TPSA) is 55.6 Å². The van der Waals surface area contributed by atoms with Gasteiger partial charge in [-0.15, -0.1) is 0 Å². The Kier molecular flexibility index (Phi) is 4.60. The Labute approximate surface area is 124 Å². The maximum absolute atomic E-state index is 12.0. The molecule has 0 amide bonds. The molecule has 0 aromatic heterocycles. The van der Waals surface area contributed by atoms with Gasteiger partial charge in [0, 0.05) is 17.8 Å². The van der Waals surface area contributed by atoms with Gasteiger partial charge in [0.25, 0.3) is 0 Å². The number of carbonyl (C=O) groups excluding carboxylic acids is 1. The minimum atomic E-state index is -0.176. The van der Waals surface area contributed by atoms with E-state index in [2.05, 4.69) is 4.90 Å². The van der Waals surface area contributed by atoms with E-state index >= 15 is 0 Å². The monoisotopic (exact) mass is 292 g/mol. The van der Waals surface area contributed by atoms with Crippen molar-refractivity contribution in [3.63, 3.8) is 0 Å². The first kappa shape index (κ1) is 14.8. The number of nitrogens with zero attached hydrogens (tertiary/aromatic N) is 1. The minimum Gasteiger partial charge on any atom is -0.464 e. The van der Waals surface area contributed by atoms with Crippen molar-refractivity contribution < 1.29 is 9.53 Å². The van der Waals surface area contributed by atoms with Crippen molar-refractivity contribution in [2.45, 2.75) is 32.7 Å². The van der Waals surface area contributed by atoms with E-state index < -0.39 is 0 Å². The molecule has 1 aliphatic heterocycles. The molecule has 1 aromatic rings. The SMILES string of the molecule is CCOC(=O)C1CCCN1c1ccc(C(N)=S)c(C)c1. The van der Waals surface area contributed by atoms with Crippen molar-refractivity contribution in [1.82, 2.24) is 0 Å². The number of anilines is 1. The zero-order chi connectivity index (χ0) is 14.7. The maximum Gasteiger partial charge on any atom is 0.328 e. The van der Waals surface area contributed by atoms with Crippen molar-refractivity contribution in [3.05, 3.63) is 29.3 Å². The molecule has 0 bridgehead atoms. The molecule has 0 radical (unpaired) electrons. The number of hydrogen-bond acceptors (Lipinski definition) is 4. The van der Waals surface area contributed by atoms with Gasteiger partial charge < -0.3 is 15.4 Å². The second-order valence-corrected chi connectivity index (χ2v) is 5.41. The average molecular weight is 292 g/mol. The van der Waals surface area contributed by atoms with Gasteiger partial charge in [-0.05, 0) is 50.5 Å². The van der Waals surface area contributed by atoms with Crippen LogP contribution in [0.4, 0.5) is 5.69 Å². The molecule has 1 fully saturated rings. The molecule has 2 N–H and O–H groups in total. The van der Waals surface area contributed by atoms with E-state index in [4.69, 9.17) is 22.7 Å². The number of rotatable bonds is 4. The summed E-state index contributed by atoms with van der Waals surface area (Å²) in [6.07, 6.45) is 1.84. The zero-order valence-corrected chi connectivity index (χ0v) is 12.7. The summed E-state index contributed by atoms with van der Waals surface area (Å²) >= 11 is 5.02. The molecular weight excluding hydrogens is 272 g/mol. The van der Waals surface area contributed by atoms with Crippen LogP contribution in [-0.2, 0) is 9.53 Å². The van der Waals surface area contributed by atoms with Crippen molar-refractivity contribution >= 4 is 28.9 Å². The van der Waals surface area contributed by atoms with E-state index in [0.29, 0.717) is 11.6 Å². The number of thiocarbonyl (C=S) groups is 1. The molecule has 1 saturated heterocycles. The lowest BCUT2D eigenvalue weighted by Gasteiger charge is -2.26. The van der Waals surface area contributed by atoms with Crippen molar-refractivity contribution in [2.75, 3.05) is 18.1 Å². The summed E-state index contributed by atoms with van der Waals surface area (Å²) in [6, 6.07) is 5.75. The summed E-state index contributed by atoms with van der Waals surface area (Å²) in [4.78, 5) is 14.5. The third-order valence-corrected chi connectivity index (χ3v) is 3.84. The van der Waals surface area contributed by atoms with Crippen LogP contribution < -0.4 is 10.6 Å². The summed E-state index contributed by atoms with van der Waals surface area (Å²) in [5, 5.41) is 0. The molecule has 4 nitrogen and oxygen atoms in total. The van der Waals surface area contributed by atoms with Crippen LogP contribution in [0.3, 0.4) is 0 Å². The molecule has 108 valence electrons. The van der Waals surface area contributed by atoms with E-state index in [0.717, 1.165) is 36.2 Å². The van der Waals surface area contributed by atoms with Gasteiger partial charge in [-0.25, -0.2) is 4.79 Å². The second kappa shape index (κ2) is 6.22. The van der Waals surface area contributed by atoms with Crippen molar-refractivity contribution in [2.24, 2.45) is 5.73 Å². The molecule has 0 spiro atoms. The lowest BCUT2D eigenvalue weighted by atomic mass is 10.1. The Morgan fingerprint density at radius 2 is 2.30 bits per heavy atom. The smallest absolute Gasteiger partial charge is 0.328 e. The standard InChI is InChI=1S/C15H20N2O2S/c1-3-19-15(18)13-5-4-8-17(13)11-6-7-12(14(16)20)10(2)9-11/h6-7,9,13H,3-5,8H2,1-2H3,(H2,16,20). The van der Waals surface area contributed by atoms with Gasteiger partial charge in [-0.1, -0.05) is 12.2 Å². The summed E-state index contributed by atoms with van der Waals surface area (Å²) in [6.45, 7) is 5.10. The highest BCUT2D eigenvalue weighted by molar-refractivity contribution is 7.80. The number of hydrogen-bond donors (Lipinski definition) is 1. The molecule has 1 aliphatic rings. The number of carbonyl (C=O) groups is 1. The quantitative estimate of drug-likeness (QED) is 0.681. The lowest BCUT2D eigenvalue weighted by Crippen LogP contribution is -2.37. The summed E-state index contributed by atoms with van der Waals surface area (Å²) in [7, 11) is 0. The van der Waals surface area contributed by atoms with Crippen LogP contribution >= 0.6 is 12.2 Å². The van der Waals surface area contributed by atoms with Gasteiger partial charge >= 0.3 is 5.97 Å². The first-order valence-electron chi connectivity index (χ1n) is 6.88. The Morgan fingerprint density at radius 1 is 1.55 bits per heavy atom. The summed E-state index contributed by atoms with van der Waals surface area (Å²) < 4.78 is 5.15. The Morgan fingerprint density at radius 3 is 2.90 bits per heavy atom. The van der Waals surface area contributed by atoms with E-state index in [9.17, 15) is 4.79 Å². The van der Waals surface area contributed by atoms with Crippen LogP contribution in [0.15, 0.2) is 18.2 Å². The predicted octanol–water partition coefficient (Wildman–Crippen LogP) is 2.16. The van der Waals surface area contributed by atoms with Gasteiger partial charge in [-0.3, -0.25) is 0 Å². The fourth-order valence-electron chi connectivity index (χ4n) is 2.66. The van der Waals surface area contributed by atoms with Gasteiger partial charge in [0.15, 0.2) is 0 Å². The number of nitrogens with two attached hydrogens (primary N) is 1. The van der Waals surface area contributed by atoms with Crippen LogP contribution in [0.2, 0.25) is 0 Å². The van der Waals surface area contributed by atoms with E-state index in [-0.39, 0.29) is 12.0 Å². The molecule has 20 heavy (non-hydrogen) atoms. The third-order valence-electron chi connectivity index (χ3n) is 3.62. The molecule has 0 aliphatic carbocycles. The second-order valence-electron chi connectivity index (χ2n) is 4.97. The van der Waals surface area contributed by atoms with Crippen LogP contribution in [0.5, 0.6) is 0 Å². The van der Waals surface area contributed by atoms with E-state index in [1.165, 1.54) is 0 Å². The molecule has 1 unspecified atom stereocenters. The Hall–Kier alpha value is -1.62. The van der Waals surface area contributed by atoms with Crippen LogP contribution in [0.1, 0.15) is 30.9 Å². The predicted molar refractivity (Wildman–Crippen MR) is 84.1 cm³/mol. The van der Waals surface area contributed by atoms with Gasteiger partial charge in [0.2, 0.25) is 0 Å². The fourth-order valence-corrected chi connectivity index (χ4v) is 2.89. The molecule has 1 aromatic carbocycles. The highest BCUT2D eigenvalue weighted by Crippen LogP contribution is 2.28. The highest BCUT2D eigenvalue weighted by atomic mass is 32.1. The Balaban J connectivity index is 2.24. The van der Waals surface area contributed by atoms with Crippen molar-refractivity contribution in [3.8, 4) is 0 Å². The van der Waals surface area contributed by atoms with Crippen LogP contribution in [-0.4, -0.2) is 30.2 Å². The van der Waals surface area contributed by atoms with Gasteiger partial charge in [-0.2, -0.15) is 0 Å². The molecule has 2 rings (SSSR count). The molecule has 0 saturated carbocycles. The molecular formula is C15H20N2O2S. The molecule has 1 heterocycles. The van der Waals surface area contributed by atoms with Crippen molar-refractivity contribution in [1.29, 1.82) is 0 Å². The zero-order valence-electron chi connectivity index (χ0n) is 11.9. The third kappa shape index (κ3) is 2.93. The first-order chi connectivity index (χ1) is 9.54. The number of aryl methyl sites for hydroxylation is 1. The lowest BCUT2D eigenvalue weighted by molar-refractivity contribution is -0.144. The minimum absolute atomic E-state index is 0.138. The van der Waals surface area contributed by atoms with E-state index in [1.54, 1.807) is 0 Å². The molecule has 5 heteroatoms. The molecule has 1 atom stereocenters. The largest absolute Gasteiger partial charge is 0.464 e. The Bertz CT molecular complexity index is 531. The summed E-state index contributed by atoms with van der Waals surface area (Å²) in [5.41, 5.74) is 8.62. The first-order valence-corrected chi connectivity index (χ1v) is 7.29.